The van der Waals surface area contributed by atoms with Crippen LogP contribution in [0.4, 0.5) is 26.3 Å². The first-order valence-electron chi connectivity index (χ1n) is 12.5. The van der Waals surface area contributed by atoms with Crippen LogP contribution in [0.1, 0.15) is 46.7 Å². The SMILES string of the molecule is COC(=O)C1CCN(CCN2Cc3ccccc3C2C(=O)NCc2cc(C(F)(F)F)cc(C(F)(F)F)c2)CC1. The predicted molar refractivity (Wildman–Crippen MR) is 129 cm³/mol. The van der Waals surface area contributed by atoms with Crippen molar-refractivity contribution in [3.8, 4) is 0 Å². The molecule has 1 N–H and O–H groups in total. The first-order valence-corrected chi connectivity index (χ1v) is 12.5. The molecule has 1 saturated heterocycles. The molecule has 4 rings (SSSR count). The lowest BCUT2D eigenvalue weighted by molar-refractivity contribution is -0.147. The van der Waals surface area contributed by atoms with Crippen molar-refractivity contribution in [1.82, 2.24) is 15.1 Å². The van der Waals surface area contributed by atoms with E-state index in [2.05, 4.69) is 10.2 Å². The van der Waals surface area contributed by atoms with Crippen LogP contribution in [-0.4, -0.2) is 55.0 Å². The monoisotopic (exact) mass is 557 g/mol. The number of carbonyl (C=O) groups is 2. The summed E-state index contributed by atoms with van der Waals surface area (Å²) in [7, 11) is 1.37. The number of benzene rings is 2. The standard InChI is InChI=1S/C27H29F6N3O3/c1-39-25(38)18-6-8-35(9-7-18)10-11-36-16-19-4-2-3-5-22(19)23(36)24(37)34-15-17-12-20(26(28,29)30)14-21(13-17)27(31,32)33/h2-5,12-14,18,23H,6-11,15-16H2,1H3,(H,34,37). The maximum atomic E-state index is 13.3. The average Bonchev–Trinajstić information content (AvgIpc) is 3.27. The topological polar surface area (TPSA) is 61.9 Å². The van der Waals surface area contributed by atoms with Gasteiger partial charge in [-0.2, -0.15) is 26.3 Å². The van der Waals surface area contributed by atoms with E-state index in [0.29, 0.717) is 57.7 Å². The first-order chi connectivity index (χ1) is 18.4. The van der Waals surface area contributed by atoms with Crippen molar-refractivity contribution < 1.29 is 40.7 Å². The molecule has 6 nitrogen and oxygen atoms in total. The lowest BCUT2D eigenvalue weighted by Gasteiger charge is -2.33. The summed E-state index contributed by atoms with van der Waals surface area (Å²) in [6.45, 7) is 2.54. The number of fused-ring (bicyclic) bond motifs is 1. The Balaban J connectivity index is 1.44. The molecule has 12 heteroatoms. The highest BCUT2D eigenvalue weighted by molar-refractivity contribution is 5.84. The van der Waals surface area contributed by atoms with E-state index in [1.54, 1.807) is 12.1 Å². The summed E-state index contributed by atoms with van der Waals surface area (Å²) in [5.74, 6) is -0.852. The summed E-state index contributed by atoms with van der Waals surface area (Å²) >= 11 is 0. The second-order valence-corrected chi connectivity index (χ2v) is 9.84. The maximum absolute atomic E-state index is 13.3. The number of rotatable bonds is 7. The highest BCUT2D eigenvalue weighted by Crippen LogP contribution is 2.37. The Morgan fingerprint density at radius 3 is 2.15 bits per heavy atom. The minimum atomic E-state index is -4.97. The molecule has 1 fully saturated rings. The Labute approximate surface area is 221 Å². The van der Waals surface area contributed by atoms with Gasteiger partial charge in [0.1, 0.15) is 6.04 Å². The minimum absolute atomic E-state index is 0.0637. The van der Waals surface area contributed by atoms with Crippen LogP contribution in [-0.2, 0) is 39.8 Å². The van der Waals surface area contributed by atoms with Gasteiger partial charge in [0, 0.05) is 26.2 Å². The van der Waals surface area contributed by atoms with E-state index in [-0.39, 0.29) is 23.5 Å². The third kappa shape index (κ3) is 6.91. The molecule has 1 unspecified atom stereocenters. The average molecular weight is 558 g/mol. The van der Waals surface area contributed by atoms with Gasteiger partial charge in [-0.05, 0) is 60.8 Å². The fourth-order valence-corrected chi connectivity index (χ4v) is 5.20. The molecule has 0 saturated carbocycles. The number of ether oxygens (including phenoxy) is 1. The molecule has 0 aliphatic carbocycles. The number of nitrogens with zero attached hydrogens (tertiary/aromatic N) is 2. The molecular weight excluding hydrogens is 528 g/mol. The molecule has 2 aliphatic rings. The number of hydrogen-bond donors (Lipinski definition) is 1. The highest BCUT2D eigenvalue weighted by Gasteiger charge is 2.38. The molecular formula is C27H29F6N3O3. The Morgan fingerprint density at radius 2 is 1.56 bits per heavy atom. The second kappa shape index (κ2) is 11.5. The zero-order chi connectivity index (χ0) is 28.4. The third-order valence-corrected chi connectivity index (χ3v) is 7.28. The maximum Gasteiger partial charge on any atom is 0.416 e. The number of nitrogens with one attached hydrogen (secondary N) is 1. The number of hydrogen-bond acceptors (Lipinski definition) is 5. The quantitative estimate of drug-likeness (QED) is 0.392. The van der Waals surface area contributed by atoms with Crippen LogP contribution >= 0.6 is 0 Å². The minimum Gasteiger partial charge on any atom is -0.469 e. The van der Waals surface area contributed by atoms with Gasteiger partial charge in [-0.15, -0.1) is 0 Å². The zero-order valence-electron chi connectivity index (χ0n) is 21.2. The van der Waals surface area contributed by atoms with Crippen molar-refractivity contribution >= 4 is 11.9 Å². The van der Waals surface area contributed by atoms with Crippen LogP contribution in [0.5, 0.6) is 0 Å². The molecule has 1 amide bonds. The largest absolute Gasteiger partial charge is 0.469 e. The molecule has 1 atom stereocenters. The number of amides is 1. The molecule has 2 aliphatic heterocycles. The Hall–Kier alpha value is -3.12. The zero-order valence-corrected chi connectivity index (χ0v) is 21.2. The summed E-state index contributed by atoms with van der Waals surface area (Å²) in [4.78, 5) is 29.2. The van der Waals surface area contributed by atoms with Crippen molar-refractivity contribution in [2.75, 3.05) is 33.3 Å². The van der Waals surface area contributed by atoms with Crippen molar-refractivity contribution in [3.63, 3.8) is 0 Å². The Morgan fingerprint density at radius 1 is 0.949 bits per heavy atom. The summed E-state index contributed by atoms with van der Waals surface area (Å²) in [5, 5.41) is 2.55. The highest BCUT2D eigenvalue weighted by atomic mass is 19.4. The van der Waals surface area contributed by atoms with E-state index in [0.717, 1.165) is 11.1 Å². The van der Waals surface area contributed by atoms with Crippen LogP contribution < -0.4 is 5.32 Å². The van der Waals surface area contributed by atoms with Crippen LogP contribution in [0.15, 0.2) is 42.5 Å². The number of halogens is 6. The van der Waals surface area contributed by atoms with Crippen LogP contribution in [0.2, 0.25) is 0 Å². The summed E-state index contributed by atoms with van der Waals surface area (Å²) in [6.07, 6.45) is -8.58. The lowest BCUT2D eigenvalue weighted by atomic mass is 9.97. The number of likely N-dealkylation sites (tertiary alicyclic amines) is 1. The number of carbonyl (C=O) groups excluding carboxylic acids is 2. The summed E-state index contributed by atoms with van der Waals surface area (Å²) in [6, 6.07) is 7.88. The second-order valence-electron chi connectivity index (χ2n) is 9.84. The van der Waals surface area contributed by atoms with Crippen molar-refractivity contribution in [2.45, 2.75) is 44.3 Å². The van der Waals surface area contributed by atoms with E-state index < -0.39 is 42.0 Å². The van der Waals surface area contributed by atoms with Crippen molar-refractivity contribution in [1.29, 1.82) is 0 Å². The van der Waals surface area contributed by atoms with E-state index in [1.807, 2.05) is 17.0 Å². The smallest absolute Gasteiger partial charge is 0.416 e. The van der Waals surface area contributed by atoms with E-state index >= 15 is 0 Å². The van der Waals surface area contributed by atoms with E-state index in [1.165, 1.54) is 7.11 Å². The molecule has 0 radical (unpaired) electrons. The lowest BCUT2D eigenvalue weighted by Crippen LogP contribution is -2.43. The Kier molecular flexibility index (Phi) is 8.55. The van der Waals surface area contributed by atoms with Gasteiger partial charge in [0.25, 0.3) is 0 Å². The normalized spacial score (nSPS) is 19.1. The fourth-order valence-electron chi connectivity index (χ4n) is 5.20. The number of alkyl halides is 6. The fraction of sp³-hybridized carbons (Fsp3) is 0.481. The molecule has 0 spiro atoms. The molecule has 2 aromatic rings. The number of esters is 1. The molecule has 0 aromatic heterocycles. The molecule has 212 valence electrons. The van der Waals surface area contributed by atoms with Gasteiger partial charge < -0.3 is 15.0 Å². The third-order valence-electron chi connectivity index (χ3n) is 7.28. The summed E-state index contributed by atoms with van der Waals surface area (Å²) in [5.41, 5.74) is -1.47. The van der Waals surface area contributed by atoms with Gasteiger partial charge in [0.15, 0.2) is 0 Å². The van der Waals surface area contributed by atoms with Crippen LogP contribution in [0.3, 0.4) is 0 Å². The number of methoxy groups -OCH3 is 1. The molecule has 39 heavy (non-hydrogen) atoms. The van der Waals surface area contributed by atoms with E-state index in [4.69, 9.17) is 4.74 Å². The number of piperidine rings is 1. The van der Waals surface area contributed by atoms with Gasteiger partial charge >= 0.3 is 18.3 Å². The molecule has 2 aromatic carbocycles. The van der Waals surface area contributed by atoms with E-state index in [9.17, 15) is 35.9 Å². The van der Waals surface area contributed by atoms with Crippen LogP contribution in [0.25, 0.3) is 0 Å². The van der Waals surface area contributed by atoms with Crippen molar-refractivity contribution in [3.05, 3.63) is 70.3 Å². The van der Waals surface area contributed by atoms with Gasteiger partial charge in [-0.1, -0.05) is 24.3 Å². The summed E-state index contributed by atoms with van der Waals surface area (Å²) < 4.78 is 84.2. The molecule has 2 heterocycles. The first kappa shape index (κ1) is 28.9. The van der Waals surface area contributed by atoms with Gasteiger partial charge in [-0.3, -0.25) is 14.5 Å². The molecule has 0 bridgehead atoms. The van der Waals surface area contributed by atoms with Crippen LogP contribution in [0, 0.1) is 5.92 Å². The van der Waals surface area contributed by atoms with Crippen molar-refractivity contribution in [2.24, 2.45) is 5.92 Å². The predicted octanol–water partition coefficient (Wildman–Crippen LogP) is 4.78. The van der Waals surface area contributed by atoms with Gasteiger partial charge in [0.2, 0.25) is 5.91 Å². The Bertz CT molecular complexity index is 1160. The van der Waals surface area contributed by atoms with Gasteiger partial charge in [0.05, 0.1) is 24.2 Å². The van der Waals surface area contributed by atoms with Gasteiger partial charge in [-0.25, -0.2) is 0 Å².